The summed E-state index contributed by atoms with van der Waals surface area (Å²) in [5.74, 6) is -2.06. The summed E-state index contributed by atoms with van der Waals surface area (Å²) in [6.45, 7) is 4.35. The number of nitrogens with zero attached hydrogens (tertiary/aromatic N) is 8. The second-order valence-electron chi connectivity index (χ2n) is 7.97. The smallest absolute Gasteiger partial charge is 0.325 e. The van der Waals surface area contributed by atoms with Crippen molar-refractivity contribution in [1.82, 2.24) is 38.9 Å². The van der Waals surface area contributed by atoms with Crippen molar-refractivity contribution in [2.45, 2.75) is 39.5 Å². The summed E-state index contributed by atoms with van der Waals surface area (Å²) in [6.07, 6.45) is 1.47. The van der Waals surface area contributed by atoms with Crippen molar-refractivity contribution in [2.75, 3.05) is 0 Å². The minimum Gasteiger partial charge on any atom is -0.325 e. The van der Waals surface area contributed by atoms with Crippen molar-refractivity contribution in [3.63, 3.8) is 0 Å². The number of tetrazole rings is 1. The van der Waals surface area contributed by atoms with E-state index >= 15 is 0 Å². The molecule has 12 heteroatoms. The number of hydrogen-bond donors (Lipinski definition) is 0. The molecule has 0 radical (unpaired) electrons. The van der Waals surface area contributed by atoms with Gasteiger partial charge in [-0.2, -0.15) is 0 Å². The molecule has 5 aromatic rings. The molecule has 0 saturated carbocycles. The van der Waals surface area contributed by atoms with Crippen LogP contribution in [0.15, 0.2) is 41.5 Å². The Morgan fingerprint density at radius 3 is 2.39 bits per heavy atom. The molecule has 3 aromatic heterocycles. The molecule has 0 fully saturated rings. The van der Waals surface area contributed by atoms with Gasteiger partial charge in [0, 0.05) is 30.8 Å². The summed E-state index contributed by atoms with van der Waals surface area (Å²) in [6, 6.07) is 6.00. The SMILES string of the molecule is CC(C)n1c(=O)n(Cc2nc3cc(F)ccc3n2CCn2cnnn2)c2cc(F)c(F)cc21. The lowest BCUT2D eigenvalue weighted by Gasteiger charge is -2.10. The zero-order valence-electron chi connectivity index (χ0n) is 17.8. The second-order valence-corrected chi connectivity index (χ2v) is 7.97. The normalized spacial score (nSPS) is 11.9. The van der Waals surface area contributed by atoms with Gasteiger partial charge in [-0.25, -0.2) is 27.6 Å². The zero-order valence-corrected chi connectivity index (χ0v) is 17.8. The van der Waals surface area contributed by atoms with E-state index in [2.05, 4.69) is 20.5 Å². The Hall–Kier alpha value is -3.96. The first kappa shape index (κ1) is 20.9. The van der Waals surface area contributed by atoms with E-state index in [0.29, 0.717) is 29.9 Å². The molecular formula is C21H19F3N8O. The van der Waals surface area contributed by atoms with Crippen LogP contribution < -0.4 is 5.69 Å². The Kier molecular flexibility index (Phi) is 4.99. The van der Waals surface area contributed by atoms with Gasteiger partial charge in [0.2, 0.25) is 0 Å². The molecule has 0 atom stereocenters. The van der Waals surface area contributed by atoms with Crippen LogP contribution in [0.5, 0.6) is 0 Å². The van der Waals surface area contributed by atoms with E-state index < -0.39 is 23.1 Å². The summed E-state index contributed by atoms with van der Waals surface area (Å²) in [7, 11) is 0. The molecule has 0 amide bonds. The highest BCUT2D eigenvalue weighted by atomic mass is 19.2. The van der Waals surface area contributed by atoms with E-state index in [9.17, 15) is 18.0 Å². The van der Waals surface area contributed by atoms with Gasteiger partial charge in [0.05, 0.1) is 35.2 Å². The van der Waals surface area contributed by atoms with Crippen molar-refractivity contribution < 1.29 is 13.2 Å². The number of aromatic nitrogens is 8. The fraction of sp³-hybridized carbons (Fsp3) is 0.286. The minimum atomic E-state index is -1.05. The van der Waals surface area contributed by atoms with Crippen LogP contribution in [0.1, 0.15) is 25.7 Å². The number of aryl methyl sites for hydroxylation is 2. The van der Waals surface area contributed by atoms with Crippen LogP contribution in [0, 0.1) is 17.5 Å². The molecular weight excluding hydrogens is 437 g/mol. The summed E-state index contributed by atoms with van der Waals surface area (Å²) in [5.41, 5.74) is 1.20. The lowest BCUT2D eigenvalue weighted by molar-refractivity contribution is 0.506. The number of hydrogen-bond acceptors (Lipinski definition) is 5. The highest BCUT2D eigenvalue weighted by molar-refractivity contribution is 5.78. The second kappa shape index (κ2) is 7.87. The predicted octanol–water partition coefficient (Wildman–Crippen LogP) is 2.89. The average Bonchev–Trinajstić information content (AvgIpc) is 3.45. The first-order chi connectivity index (χ1) is 15.8. The number of imidazole rings is 2. The zero-order chi connectivity index (χ0) is 23.3. The Bertz CT molecular complexity index is 1530. The standard InChI is InChI=1S/C21H19F3N8O/c1-12(2)32-19-9-15(24)14(23)8-18(19)31(21(32)33)10-20-26-16-7-13(22)3-4-17(16)30(20)6-5-29-11-25-27-28-29/h3-4,7-9,11-12H,5-6,10H2,1-2H3. The molecule has 0 aliphatic heterocycles. The summed E-state index contributed by atoms with van der Waals surface area (Å²) in [5, 5.41) is 11.1. The highest BCUT2D eigenvalue weighted by Gasteiger charge is 2.21. The lowest BCUT2D eigenvalue weighted by atomic mass is 10.2. The fourth-order valence-corrected chi connectivity index (χ4v) is 4.07. The third-order valence-corrected chi connectivity index (χ3v) is 5.55. The van der Waals surface area contributed by atoms with Gasteiger partial charge in [0.1, 0.15) is 18.0 Å². The van der Waals surface area contributed by atoms with Gasteiger partial charge in [-0.3, -0.25) is 9.13 Å². The first-order valence-corrected chi connectivity index (χ1v) is 10.3. The van der Waals surface area contributed by atoms with E-state index in [1.807, 2.05) is 4.57 Å². The average molecular weight is 456 g/mol. The van der Waals surface area contributed by atoms with Crippen LogP contribution in [0.25, 0.3) is 22.1 Å². The largest absolute Gasteiger partial charge is 0.329 e. The molecule has 0 bridgehead atoms. The maximum atomic E-state index is 14.1. The van der Waals surface area contributed by atoms with Crippen LogP contribution in [-0.2, 0) is 19.6 Å². The molecule has 170 valence electrons. The predicted molar refractivity (Wildman–Crippen MR) is 113 cm³/mol. The Morgan fingerprint density at radius 2 is 1.70 bits per heavy atom. The molecule has 3 heterocycles. The third kappa shape index (κ3) is 3.56. The third-order valence-electron chi connectivity index (χ3n) is 5.55. The molecule has 33 heavy (non-hydrogen) atoms. The molecule has 0 spiro atoms. The van der Waals surface area contributed by atoms with Crippen molar-refractivity contribution in [1.29, 1.82) is 0 Å². The quantitative estimate of drug-likeness (QED) is 0.392. The van der Waals surface area contributed by atoms with Gasteiger partial charge >= 0.3 is 5.69 Å². The maximum Gasteiger partial charge on any atom is 0.329 e. The van der Waals surface area contributed by atoms with Gasteiger partial charge in [-0.1, -0.05) is 0 Å². The van der Waals surface area contributed by atoms with Crippen LogP contribution in [0.3, 0.4) is 0 Å². The number of fused-ring (bicyclic) bond motifs is 2. The molecule has 0 N–H and O–H groups in total. The number of benzene rings is 2. The fourth-order valence-electron chi connectivity index (χ4n) is 4.07. The summed E-state index contributed by atoms with van der Waals surface area (Å²) >= 11 is 0. The van der Waals surface area contributed by atoms with Gasteiger partial charge in [0.25, 0.3) is 0 Å². The number of rotatable bonds is 6. The minimum absolute atomic E-state index is 0.0218. The lowest BCUT2D eigenvalue weighted by Crippen LogP contribution is -2.27. The van der Waals surface area contributed by atoms with E-state index in [-0.39, 0.29) is 23.6 Å². The molecule has 0 aliphatic rings. The van der Waals surface area contributed by atoms with Crippen LogP contribution in [-0.4, -0.2) is 38.9 Å². The first-order valence-electron chi connectivity index (χ1n) is 10.3. The van der Waals surface area contributed by atoms with Crippen LogP contribution in [0.2, 0.25) is 0 Å². The Balaban J connectivity index is 1.66. The Morgan fingerprint density at radius 1 is 0.939 bits per heavy atom. The summed E-state index contributed by atoms with van der Waals surface area (Å²) < 4.78 is 48.0. The van der Waals surface area contributed by atoms with E-state index in [1.165, 1.54) is 32.3 Å². The van der Waals surface area contributed by atoms with Crippen molar-refractivity contribution in [3.05, 3.63) is 70.4 Å². The van der Waals surface area contributed by atoms with Crippen molar-refractivity contribution in [3.8, 4) is 0 Å². The van der Waals surface area contributed by atoms with Crippen molar-refractivity contribution >= 4 is 22.1 Å². The monoisotopic (exact) mass is 456 g/mol. The topological polar surface area (TPSA) is 88.4 Å². The van der Waals surface area contributed by atoms with E-state index in [0.717, 1.165) is 12.1 Å². The van der Waals surface area contributed by atoms with E-state index in [1.54, 1.807) is 19.9 Å². The molecule has 0 aliphatic carbocycles. The van der Waals surface area contributed by atoms with Gasteiger partial charge in [0.15, 0.2) is 11.6 Å². The van der Waals surface area contributed by atoms with Crippen molar-refractivity contribution in [2.24, 2.45) is 0 Å². The van der Waals surface area contributed by atoms with Crippen LogP contribution in [0.4, 0.5) is 13.2 Å². The van der Waals surface area contributed by atoms with Gasteiger partial charge < -0.3 is 4.57 Å². The maximum absolute atomic E-state index is 14.1. The molecule has 2 aromatic carbocycles. The number of halogens is 3. The van der Waals surface area contributed by atoms with Crippen LogP contribution >= 0.6 is 0 Å². The molecule has 9 nitrogen and oxygen atoms in total. The summed E-state index contributed by atoms with van der Waals surface area (Å²) in [4.78, 5) is 17.8. The van der Waals surface area contributed by atoms with Gasteiger partial charge in [-0.05, 0) is 36.4 Å². The highest BCUT2D eigenvalue weighted by Crippen LogP contribution is 2.23. The van der Waals surface area contributed by atoms with Gasteiger partial charge in [-0.15, -0.1) is 5.10 Å². The molecule has 0 saturated heterocycles. The Labute approximate surface area is 184 Å². The van der Waals surface area contributed by atoms with E-state index in [4.69, 9.17) is 0 Å². The molecule has 5 rings (SSSR count). The molecule has 0 unspecified atom stereocenters.